The van der Waals surface area contributed by atoms with Gasteiger partial charge in [0.05, 0.1) is 0 Å². The Morgan fingerprint density at radius 3 is 1.06 bits per heavy atom. The van der Waals surface area contributed by atoms with Gasteiger partial charge in [0.15, 0.2) is 6.10 Å². The quantitative estimate of drug-likeness (QED) is 0.0263. The topological polar surface area (TPSA) is 78.9 Å². The Balaban J connectivity index is 4.61. The van der Waals surface area contributed by atoms with E-state index in [9.17, 15) is 14.4 Å². The predicted octanol–water partition coefficient (Wildman–Crippen LogP) is 16.3. The van der Waals surface area contributed by atoms with Gasteiger partial charge < -0.3 is 14.2 Å². The predicted molar refractivity (Wildman–Crippen MR) is 269 cm³/mol. The molecule has 6 heteroatoms. The standard InChI is InChI=1S/C57H88O6/c1-4-7-10-13-16-19-22-25-26-27-28-29-30-33-35-38-41-44-47-50-56(59)62-53-54(63-57(60)51-48-45-42-39-36-32-24-21-18-15-12-9-6-3)52-61-55(58)49-46-43-40-37-34-31-23-20-17-14-11-8-5-2/h7,9-10,12,16,18-21,23,25-26,28-29,32-33,35-36,41-42,44-45,54H,4-6,8,11,13-15,17,22,24,27,30-31,34,37-40,43,46-53H2,1-3H3/b10-7-,12-9-,19-16-,21-18-,23-20-,26-25-,29-28-,35-33-,36-32-,44-41-,45-42-. The van der Waals surface area contributed by atoms with Crippen molar-refractivity contribution in [1.29, 1.82) is 0 Å². The lowest BCUT2D eigenvalue weighted by atomic mass is 10.1. The van der Waals surface area contributed by atoms with E-state index in [0.717, 1.165) is 96.3 Å². The Morgan fingerprint density at radius 1 is 0.333 bits per heavy atom. The highest BCUT2D eigenvalue weighted by atomic mass is 16.6. The maximum absolute atomic E-state index is 12.7. The number of carbonyl (C=O) groups excluding carboxylic acids is 3. The number of esters is 3. The average molecular weight is 869 g/mol. The van der Waals surface area contributed by atoms with Crippen molar-refractivity contribution < 1.29 is 28.6 Å². The van der Waals surface area contributed by atoms with Crippen molar-refractivity contribution in [3.05, 3.63) is 134 Å². The Hall–Kier alpha value is -4.45. The summed E-state index contributed by atoms with van der Waals surface area (Å²) in [5, 5.41) is 0. The molecule has 0 aromatic heterocycles. The fraction of sp³-hybridized carbons (Fsp3) is 0.561. The smallest absolute Gasteiger partial charge is 0.306 e. The van der Waals surface area contributed by atoms with Gasteiger partial charge in [-0.2, -0.15) is 0 Å². The maximum Gasteiger partial charge on any atom is 0.306 e. The van der Waals surface area contributed by atoms with Crippen molar-refractivity contribution in [2.45, 2.75) is 194 Å². The summed E-state index contributed by atoms with van der Waals surface area (Å²) in [6.45, 7) is 6.22. The molecule has 0 aliphatic rings. The molecule has 0 heterocycles. The van der Waals surface area contributed by atoms with E-state index in [0.29, 0.717) is 19.3 Å². The number of carbonyl (C=O) groups is 3. The van der Waals surface area contributed by atoms with E-state index < -0.39 is 12.1 Å². The Morgan fingerprint density at radius 2 is 0.651 bits per heavy atom. The molecule has 0 spiro atoms. The highest BCUT2D eigenvalue weighted by Gasteiger charge is 2.19. The molecule has 0 saturated heterocycles. The molecule has 0 radical (unpaired) electrons. The summed E-state index contributed by atoms with van der Waals surface area (Å²) in [5.41, 5.74) is 0. The van der Waals surface area contributed by atoms with E-state index in [1.165, 1.54) is 38.5 Å². The van der Waals surface area contributed by atoms with E-state index >= 15 is 0 Å². The number of ether oxygens (including phenoxy) is 3. The molecule has 0 rings (SSSR count). The second kappa shape index (κ2) is 50.2. The van der Waals surface area contributed by atoms with Crippen molar-refractivity contribution in [3.63, 3.8) is 0 Å². The van der Waals surface area contributed by atoms with E-state index in [2.05, 4.69) is 130 Å². The minimum Gasteiger partial charge on any atom is -0.462 e. The van der Waals surface area contributed by atoms with Crippen LogP contribution in [0.4, 0.5) is 0 Å². The van der Waals surface area contributed by atoms with Gasteiger partial charge in [0.2, 0.25) is 0 Å². The van der Waals surface area contributed by atoms with Crippen LogP contribution in [0, 0.1) is 0 Å². The lowest BCUT2D eigenvalue weighted by molar-refractivity contribution is -0.166. The highest BCUT2D eigenvalue weighted by Crippen LogP contribution is 2.11. The van der Waals surface area contributed by atoms with Gasteiger partial charge in [-0.3, -0.25) is 14.4 Å². The van der Waals surface area contributed by atoms with Crippen LogP contribution in [0.1, 0.15) is 188 Å². The molecule has 0 saturated carbocycles. The number of rotatable bonds is 42. The monoisotopic (exact) mass is 869 g/mol. The van der Waals surface area contributed by atoms with E-state index in [1.807, 2.05) is 24.3 Å². The summed E-state index contributed by atoms with van der Waals surface area (Å²) in [7, 11) is 0. The molecule has 0 bridgehead atoms. The fourth-order valence-corrected chi connectivity index (χ4v) is 6.00. The molecule has 0 aromatic carbocycles. The van der Waals surface area contributed by atoms with Gasteiger partial charge in [-0.05, 0) is 109 Å². The Bertz CT molecular complexity index is 1420. The third-order valence-electron chi connectivity index (χ3n) is 9.65. The third-order valence-corrected chi connectivity index (χ3v) is 9.65. The molecule has 352 valence electrons. The molecule has 1 unspecified atom stereocenters. The minimum absolute atomic E-state index is 0.139. The van der Waals surface area contributed by atoms with E-state index in [4.69, 9.17) is 14.2 Å². The summed E-state index contributed by atoms with van der Waals surface area (Å²) < 4.78 is 16.6. The zero-order chi connectivity index (χ0) is 45.8. The Labute approximate surface area is 385 Å². The maximum atomic E-state index is 12.7. The van der Waals surface area contributed by atoms with E-state index in [1.54, 1.807) is 0 Å². The van der Waals surface area contributed by atoms with Crippen LogP contribution in [-0.2, 0) is 28.6 Å². The first kappa shape index (κ1) is 58.6. The molecule has 0 amide bonds. The lowest BCUT2D eigenvalue weighted by Gasteiger charge is -2.18. The van der Waals surface area contributed by atoms with Gasteiger partial charge >= 0.3 is 17.9 Å². The second-order valence-corrected chi connectivity index (χ2v) is 15.6. The van der Waals surface area contributed by atoms with Crippen LogP contribution < -0.4 is 0 Å². The highest BCUT2D eigenvalue weighted by molar-refractivity contribution is 5.71. The SMILES string of the molecule is CC/C=C\C/C=C\C/C=C\C/C=C\C/C=C\C/C=C\CCC(=O)OCC(COC(=O)CCCCCCC/C=C\CCCCCC)OC(=O)CC/C=C\C/C=C\C/C=C\C/C=C\CC. The largest absolute Gasteiger partial charge is 0.462 e. The number of hydrogen-bond acceptors (Lipinski definition) is 6. The zero-order valence-corrected chi connectivity index (χ0v) is 40.0. The van der Waals surface area contributed by atoms with E-state index in [-0.39, 0.29) is 38.0 Å². The first-order chi connectivity index (χ1) is 31.0. The third kappa shape index (κ3) is 48.4. The molecule has 1 atom stereocenters. The molecular weight excluding hydrogens is 781 g/mol. The van der Waals surface area contributed by atoms with Crippen LogP contribution in [0.3, 0.4) is 0 Å². The summed E-state index contributed by atoms with van der Waals surface area (Å²) in [5.74, 6) is -1.13. The second-order valence-electron chi connectivity index (χ2n) is 15.6. The Kier molecular flexibility index (Phi) is 46.7. The molecule has 0 aliphatic heterocycles. The van der Waals surface area contributed by atoms with Gasteiger partial charge in [-0.15, -0.1) is 0 Å². The summed E-state index contributed by atoms with van der Waals surface area (Å²) in [6.07, 6.45) is 70.3. The summed E-state index contributed by atoms with van der Waals surface area (Å²) in [4.78, 5) is 37.8. The molecule has 0 fully saturated rings. The van der Waals surface area contributed by atoms with Crippen molar-refractivity contribution in [2.24, 2.45) is 0 Å². The molecule has 63 heavy (non-hydrogen) atoms. The van der Waals surface area contributed by atoms with Gasteiger partial charge in [-0.1, -0.05) is 193 Å². The van der Waals surface area contributed by atoms with Crippen LogP contribution in [0.5, 0.6) is 0 Å². The van der Waals surface area contributed by atoms with Crippen LogP contribution >= 0.6 is 0 Å². The average Bonchev–Trinajstić information content (AvgIpc) is 3.28. The first-order valence-electron chi connectivity index (χ1n) is 24.7. The van der Waals surface area contributed by atoms with Gasteiger partial charge in [-0.25, -0.2) is 0 Å². The van der Waals surface area contributed by atoms with Crippen molar-refractivity contribution in [1.82, 2.24) is 0 Å². The normalized spacial score (nSPS) is 13.3. The number of allylic oxidation sites excluding steroid dienone is 22. The van der Waals surface area contributed by atoms with Gasteiger partial charge in [0, 0.05) is 19.3 Å². The molecular formula is C57H88O6. The number of unbranched alkanes of at least 4 members (excludes halogenated alkanes) is 9. The van der Waals surface area contributed by atoms with Crippen LogP contribution in [0.2, 0.25) is 0 Å². The molecule has 0 aromatic rings. The van der Waals surface area contributed by atoms with Crippen molar-refractivity contribution in [3.8, 4) is 0 Å². The molecule has 0 N–H and O–H groups in total. The van der Waals surface area contributed by atoms with Crippen LogP contribution in [0.15, 0.2) is 134 Å². The van der Waals surface area contributed by atoms with Crippen molar-refractivity contribution in [2.75, 3.05) is 13.2 Å². The minimum atomic E-state index is -0.853. The van der Waals surface area contributed by atoms with Crippen LogP contribution in [-0.4, -0.2) is 37.2 Å². The van der Waals surface area contributed by atoms with Crippen LogP contribution in [0.25, 0.3) is 0 Å². The van der Waals surface area contributed by atoms with Crippen molar-refractivity contribution >= 4 is 17.9 Å². The summed E-state index contributed by atoms with van der Waals surface area (Å²) >= 11 is 0. The lowest BCUT2D eigenvalue weighted by Crippen LogP contribution is -2.30. The fourth-order valence-electron chi connectivity index (χ4n) is 6.00. The molecule has 6 nitrogen and oxygen atoms in total. The number of hydrogen-bond donors (Lipinski definition) is 0. The zero-order valence-electron chi connectivity index (χ0n) is 40.0. The van der Waals surface area contributed by atoms with Gasteiger partial charge in [0.25, 0.3) is 0 Å². The first-order valence-corrected chi connectivity index (χ1v) is 24.7. The van der Waals surface area contributed by atoms with Gasteiger partial charge in [0.1, 0.15) is 13.2 Å². The summed E-state index contributed by atoms with van der Waals surface area (Å²) in [6, 6.07) is 0. The molecule has 0 aliphatic carbocycles.